The second-order valence-electron chi connectivity index (χ2n) is 5.76. The Labute approximate surface area is 121 Å². The summed E-state index contributed by atoms with van der Waals surface area (Å²) in [5.74, 6) is -1.06. The molecule has 2 heterocycles. The summed E-state index contributed by atoms with van der Waals surface area (Å²) in [6.45, 7) is 0. The summed E-state index contributed by atoms with van der Waals surface area (Å²) >= 11 is 0. The highest BCUT2D eigenvalue weighted by Gasteiger charge is 2.47. The van der Waals surface area contributed by atoms with E-state index in [-0.39, 0.29) is 23.4 Å². The van der Waals surface area contributed by atoms with E-state index in [1.54, 1.807) is 0 Å². The fourth-order valence-electron chi connectivity index (χ4n) is 3.60. The van der Waals surface area contributed by atoms with Crippen molar-refractivity contribution < 1.29 is 19.1 Å². The number of carbonyl (C=O) groups is 2. The molecular formula is C15H17NO5. The van der Waals surface area contributed by atoms with Crippen LogP contribution in [0, 0.1) is 5.92 Å². The van der Waals surface area contributed by atoms with Crippen LogP contribution < -0.4 is 5.63 Å². The molecule has 1 amide bonds. The van der Waals surface area contributed by atoms with E-state index in [0.717, 1.165) is 31.9 Å². The maximum Gasteiger partial charge on any atom is 0.335 e. The first-order chi connectivity index (χ1) is 10.1. The van der Waals surface area contributed by atoms with Crippen LogP contribution in [0.5, 0.6) is 0 Å². The third-order valence-corrected chi connectivity index (χ3v) is 4.56. The van der Waals surface area contributed by atoms with Crippen molar-refractivity contribution in [3.05, 3.63) is 34.4 Å². The van der Waals surface area contributed by atoms with E-state index in [0.29, 0.717) is 6.42 Å². The Morgan fingerprint density at radius 2 is 2.00 bits per heavy atom. The Balaban J connectivity index is 1.92. The van der Waals surface area contributed by atoms with Crippen molar-refractivity contribution in [1.82, 2.24) is 4.90 Å². The van der Waals surface area contributed by atoms with Crippen LogP contribution in [0.1, 0.15) is 42.5 Å². The lowest BCUT2D eigenvalue weighted by atomic mass is 9.84. The summed E-state index contributed by atoms with van der Waals surface area (Å²) in [5, 5.41) is 9.40. The molecule has 3 unspecified atom stereocenters. The lowest BCUT2D eigenvalue weighted by molar-refractivity contribution is -0.141. The third-order valence-electron chi connectivity index (χ3n) is 4.56. The van der Waals surface area contributed by atoms with Crippen molar-refractivity contribution >= 4 is 11.9 Å². The maximum atomic E-state index is 12.6. The molecular weight excluding hydrogens is 274 g/mol. The zero-order chi connectivity index (χ0) is 15.0. The van der Waals surface area contributed by atoms with E-state index in [1.165, 1.54) is 17.0 Å². The standard InChI is InChI=1S/C15H17NO5/c17-13-6-5-10(8-21-13)14(18)16-11-4-2-1-3-9(11)7-12(16)15(19)20/h5-6,8-9,11-12H,1-4,7H2,(H,19,20). The molecule has 0 aromatic carbocycles. The van der Waals surface area contributed by atoms with Crippen LogP contribution in [0.15, 0.2) is 27.6 Å². The molecule has 3 atom stereocenters. The molecule has 0 bridgehead atoms. The summed E-state index contributed by atoms with van der Waals surface area (Å²) in [7, 11) is 0. The van der Waals surface area contributed by atoms with Crippen LogP contribution in [0.2, 0.25) is 0 Å². The Hall–Kier alpha value is -2.11. The van der Waals surface area contributed by atoms with Crippen LogP contribution >= 0.6 is 0 Å². The summed E-state index contributed by atoms with van der Waals surface area (Å²) in [4.78, 5) is 36.6. The van der Waals surface area contributed by atoms with E-state index >= 15 is 0 Å². The number of aliphatic carboxylic acids is 1. The van der Waals surface area contributed by atoms with E-state index < -0.39 is 17.6 Å². The number of amides is 1. The van der Waals surface area contributed by atoms with Crippen LogP contribution in [0.25, 0.3) is 0 Å². The molecule has 2 aliphatic rings. The normalized spacial score (nSPS) is 28.2. The molecule has 112 valence electrons. The van der Waals surface area contributed by atoms with E-state index in [2.05, 4.69) is 0 Å². The van der Waals surface area contributed by atoms with Gasteiger partial charge in [-0.2, -0.15) is 0 Å². The fraction of sp³-hybridized carbons (Fsp3) is 0.533. The Bertz CT molecular complexity index is 602. The number of fused-ring (bicyclic) bond motifs is 1. The van der Waals surface area contributed by atoms with Gasteiger partial charge in [0, 0.05) is 12.1 Å². The van der Waals surface area contributed by atoms with Gasteiger partial charge in [-0.15, -0.1) is 0 Å². The van der Waals surface area contributed by atoms with Gasteiger partial charge in [-0.1, -0.05) is 12.8 Å². The first kappa shape index (κ1) is 13.9. The minimum atomic E-state index is -0.963. The summed E-state index contributed by atoms with van der Waals surface area (Å²) in [5.41, 5.74) is -0.301. The van der Waals surface area contributed by atoms with Gasteiger partial charge in [0.25, 0.3) is 5.91 Å². The number of nitrogens with zero attached hydrogens (tertiary/aromatic N) is 1. The quantitative estimate of drug-likeness (QED) is 0.892. The van der Waals surface area contributed by atoms with Gasteiger partial charge in [-0.3, -0.25) is 4.79 Å². The molecule has 1 aromatic rings. The Kier molecular flexibility index (Phi) is 3.53. The number of carboxylic acid groups (broad SMARTS) is 1. The molecule has 3 rings (SSSR count). The minimum Gasteiger partial charge on any atom is -0.480 e. The second-order valence-corrected chi connectivity index (χ2v) is 5.76. The lowest BCUT2D eigenvalue weighted by Crippen LogP contribution is -2.46. The Morgan fingerprint density at radius 3 is 2.67 bits per heavy atom. The SMILES string of the molecule is O=C(O)C1CC2CCCCC2N1C(=O)c1ccc(=O)oc1. The summed E-state index contributed by atoms with van der Waals surface area (Å²) in [6.07, 6.45) is 5.55. The predicted molar refractivity (Wildman–Crippen MR) is 72.9 cm³/mol. The minimum absolute atomic E-state index is 0.0146. The van der Waals surface area contributed by atoms with Gasteiger partial charge in [-0.25, -0.2) is 9.59 Å². The van der Waals surface area contributed by atoms with Crippen molar-refractivity contribution in [1.29, 1.82) is 0 Å². The monoisotopic (exact) mass is 291 g/mol. The molecule has 0 radical (unpaired) electrons. The highest BCUT2D eigenvalue weighted by atomic mass is 16.4. The smallest absolute Gasteiger partial charge is 0.335 e. The van der Waals surface area contributed by atoms with Gasteiger partial charge in [0.1, 0.15) is 12.3 Å². The van der Waals surface area contributed by atoms with Gasteiger partial charge in [-0.05, 0) is 31.2 Å². The fourth-order valence-corrected chi connectivity index (χ4v) is 3.60. The molecule has 1 saturated heterocycles. The predicted octanol–water partition coefficient (Wildman–Crippen LogP) is 1.50. The van der Waals surface area contributed by atoms with Crippen LogP contribution in [0.4, 0.5) is 0 Å². The molecule has 1 aliphatic carbocycles. The van der Waals surface area contributed by atoms with Gasteiger partial charge in [0.2, 0.25) is 0 Å². The van der Waals surface area contributed by atoms with Crippen molar-refractivity contribution in [3.8, 4) is 0 Å². The van der Waals surface area contributed by atoms with Crippen molar-refractivity contribution in [2.24, 2.45) is 5.92 Å². The highest BCUT2D eigenvalue weighted by Crippen LogP contribution is 2.40. The lowest BCUT2D eigenvalue weighted by Gasteiger charge is -2.32. The third kappa shape index (κ3) is 2.46. The van der Waals surface area contributed by atoms with Crippen molar-refractivity contribution in [3.63, 3.8) is 0 Å². The van der Waals surface area contributed by atoms with Crippen LogP contribution in [-0.4, -0.2) is 34.0 Å². The van der Waals surface area contributed by atoms with Gasteiger partial charge >= 0.3 is 11.6 Å². The summed E-state index contributed by atoms with van der Waals surface area (Å²) < 4.78 is 4.72. The van der Waals surface area contributed by atoms with Gasteiger partial charge < -0.3 is 14.4 Å². The number of hydrogen-bond acceptors (Lipinski definition) is 4. The maximum absolute atomic E-state index is 12.6. The molecule has 1 aromatic heterocycles. The van der Waals surface area contributed by atoms with Gasteiger partial charge in [0.05, 0.1) is 5.56 Å². The second kappa shape index (κ2) is 5.35. The molecule has 6 heteroatoms. The van der Waals surface area contributed by atoms with Crippen molar-refractivity contribution in [2.75, 3.05) is 0 Å². The molecule has 21 heavy (non-hydrogen) atoms. The zero-order valence-corrected chi connectivity index (χ0v) is 11.5. The number of hydrogen-bond donors (Lipinski definition) is 1. The van der Waals surface area contributed by atoms with E-state index in [4.69, 9.17) is 4.42 Å². The number of carbonyl (C=O) groups excluding carboxylic acids is 1. The Morgan fingerprint density at radius 1 is 1.24 bits per heavy atom. The van der Waals surface area contributed by atoms with Gasteiger partial charge in [0.15, 0.2) is 0 Å². The largest absolute Gasteiger partial charge is 0.480 e. The highest BCUT2D eigenvalue weighted by molar-refractivity contribution is 5.96. The summed E-state index contributed by atoms with van der Waals surface area (Å²) in [6, 6.07) is 1.78. The van der Waals surface area contributed by atoms with Crippen LogP contribution in [0.3, 0.4) is 0 Å². The van der Waals surface area contributed by atoms with E-state index in [1.807, 2.05) is 0 Å². The number of rotatable bonds is 2. The van der Waals surface area contributed by atoms with Crippen LogP contribution in [-0.2, 0) is 4.79 Å². The average Bonchev–Trinajstić information content (AvgIpc) is 2.87. The van der Waals surface area contributed by atoms with E-state index in [9.17, 15) is 19.5 Å². The zero-order valence-electron chi connectivity index (χ0n) is 11.5. The molecule has 1 N–H and O–H groups in total. The number of likely N-dealkylation sites (tertiary alicyclic amines) is 1. The topological polar surface area (TPSA) is 87.8 Å². The molecule has 0 spiro atoms. The van der Waals surface area contributed by atoms with Crippen molar-refractivity contribution in [2.45, 2.75) is 44.2 Å². The first-order valence-corrected chi connectivity index (χ1v) is 7.22. The molecule has 1 saturated carbocycles. The molecule has 6 nitrogen and oxygen atoms in total. The molecule has 2 fully saturated rings. The average molecular weight is 291 g/mol. The first-order valence-electron chi connectivity index (χ1n) is 7.22. The number of carboxylic acids is 1. The molecule has 1 aliphatic heterocycles.